The summed E-state index contributed by atoms with van der Waals surface area (Å²) >= 11 is 0. The summed E-state index contributed by atoms with van der Waals surface area (Å²) in [4.78, 5) is 15.0. The van der Waals surface area contributed by atoms with Crippen molar-refractivity contribution >= 4 is 18.3 Å². The van der Waals surface area contributed by atoms with E-state index in [1.54, 1.807) is 12.3 Å². The van der Waals surface area contributed by atoms with Gasteiger partial charge in [0.25, 0.3) is 0 Å². The van der Waals surface area contributed by atoms with Crippen molar-refractivity contribution in [2.45, 2.75) is 32.2 Å². The number of carboxylic acids is 1. The number of rotatable bonds is 8. The van der Waals surface area contributed by atoms with Crippen LogP contribution in [-0.4, -0.2) is 29.9 Å². The number of hydrogen-bond acceptors (Lipinski definition) is 3. The van der Waals surface area contributed by atoms with E-state index < -0.39 is 12.0 Å². The quantitative estimate of drug-likeness (QED) is 0.715. The van der Waals surface area contributed by atoms with Gasteiger partial charge in [-0.2, -0.15) is 0 Å². The zero-order chi connectivity index (χ0) is 14.8. The van der Waals surface area contributed by atoms with Gasteiger partial charge < -0.3 is 10.8 Å². The molecule has 0 aromatic heterocycles. The van der Waals surface area contributed by atoms with Gasteiger partial charge in [0.2, 0.25) is 0 Å². The summed E-state index contributed by atoms with van der Waals surface area (Å²) in [5.74, 6) is -0.907. The van der Waals surface area contributed by atoms with Crippen LogP contribution in [0.4, 0.5) is 0 Å². The van der Waals surface area contributed by atoms with Crippen LogP contribution < -0.4 is 5.73 Å². The second-order valence-corrected chi connectivity index (χ2v) is 4.54. The maximum Gasteiger partial charge on any atom is 0.328 e. The number of nitrogens with zero attached hydrogens (tertiary/aromatic N) is 1. The topological polar surface area (TPSA) is 75.7 Å². The number of carboxylic acid groups (broad SMARTS) is 1. The molecule has 20 heavy (non-hydrogen) atoms. The molecule has 0 saturated heterocycles. The van der Waals surface area contributed by atoms with E-state index in [-0.39, 0.29) is 0 Å². The molecule has 0 spiro atoms. The molecule has 0 aliphatic heterocycles. The van der Waals surface area contributed by atoms with Crippen molar-refractivity contribution in [3.63, 3.8) is 0 Å². The van der Waals surface area contributed by atoms with Crippen LogP contribution >= 0.6 is 0 Å². The van der Waals surface area contributed by atoms with Gasteiger partial charge in [0.15, 0.2) is 0 Å². The molecule has 0 heterocycles. The number of allylic oxidation sites excluding steroid dienone is 1. The Labute approximate surface area is 120 Å². The number of carbonyl (C=O) groups is 1. The third-order valence-corrected chi connectivity index (χ3v) is 3.00. The lowest BCUT2D eigenvalue weighted by molar-refractivity contribution is -0.138. The molecule has 0 radical (unpaired) electrons. The molecule has 0 amide bonds. The predicted molar refractivity (Wildman–Crippen MR) is 83.1 cm³/mol. The summed E-state index contributed by atoms with van der Waals surface area (Å²) < 4.78 is 0. The number of hydrogen-bond donors (Lipinski definition) is 2. The lowest BCUT2D eigenvalue weighted by atomic mass is 10.1. The third-order valence-electron chi connectivity index (χ3n) is 3.00. The van der Waals surface area contributed by atoms with Crippen molar-refractivity contribution < 1.29 is 9.90 Å². The number of aliphatic carboxylic acids is 1. The summed E-state index contributed by atoms with van der Waals surface area (Å²) in [7, 11) is 0. The normalized spacial score (nSPS) is 13.1. The smallest absolute Gasteiger partial charge is 0.328 e. The van der Waals surface area contributed by atoms with Crippen LogP contribution in [0, 0.1) is 0 Å². The predicted octanol–water partition coefficient (Wildman–Crippen LogP) is 2.53. The van der Waals surface area contributed by atoms with Gasteiger partial charge in [0.05, 0.1) is 0 Å². The molecule has 0 bridgehead atoms. The molecular weight excluding hydrogens is 252 g/mol. The van der Waals surface area contributed by atoms with E-state index in [1.807, 2.05) is 18.2 Å². The van der Waals surface area contributed by atoms with Gasteiger partial charge in [-0.25, -0.2) is 4.79 Å². The van der Waals surface area contributed by atoms with Crippen molar-refractivity contribution in [3.05, 3.63) is 41.5 Å². The third kappa shape index (κ3) is 5.80. The Balaban J connectivity index is 2.55. The summed E-state index contributed by atoms with van der Waals surface area (Å²) in [6.45, 7) is 2.60. The van der Waals surface area contributed by atoms with Gasteiger partial charge in [0.1, 0.15) is 6.04 Å². The van der Waals surface area contributed by atoms with Gasteiger partial charge in [-0.3, -0.25) is 4.99 Å². The number of aliphatic imine (C=N–C) groups is 1. The van der Waals surface area contributed by atoms with Crippen molar-refractivity contribution in [3.8, 4) is 0 Å². The maximum absolute atomic E-state index is 11.0. The van der Waals surface area contributed by atoms with Gasteiger partial charge in [0, 0.05) is 6.21 Å². The summed E-state index contributed by atoms with van der Waals surface area (Å²) in [5, 5.41) is 9.00. The van der Waals surface area contributed by atoms with E-state index in [4.69, 9.17) is 10.8 Å². The number of aryl methyl sites for hydroxylation is 1. The highest BCUT2D eigenvalue weighted by molar-refractivity contribution is 5.82. The second-order valence-electron chi connectivity index (χ2n) is 4.54. The molecule has 0 fully saturated rings. The van der Waals surface area contributed by atoms with Gasteiger partial charge >= 0.3 is 5.97 Å². The largest absolute Gasteiger partial charge is 0.480 e. The standard InChI is InChI=1S/C16H22N2O2/c1-2-13-7-9-14(10-8-13)5-4-12-18-15(16(19)20)6-3-11-17/h4-5,7-10,12,15H,2-3,6,11,17H2,1H3,(H,19,20)/b5-4+,18-12?. The van der Waals surface area contributed by atoms with Gasteiger partial charge in [-0.1, -0.05) is 37.3 Å². The van der Waals surface area contributed by atoms with Crippen molar-refractivity contribution in [2.24, 2.45) is 10.7 Å². The first-order valence-electron chi connectivity index (χ1n) is 6.89. The fourth-order valence-electron chi connectivity index (χ4n) is 1.75. The van der Waals surface area contributed by atoms with E-state index in [2.05, 4.69) is 24.0 Å². The summed E-state index contributed by atoms with van der Waals surface area (Å²) in [5.41, 5.74) is 7.74. The zero-order valence-corrected chi connectivity index (χ0v) is 11.8. The molecule has 3 N–H and O–H groups in total. The molecule has 0 saturated carbocycles. The number of benzene rings is 1. The highest BCUT2D eigenvalue weighted by atomic mass is 16.4. The minimum Gasteiger partial charge on any atom is -0.480 e. The lowest BCUT2D eigenvalue weighted by Gasteiger charge is -2.04. The SMILES string of the molecule is CCc1ccc(/C=C/C=NC(CCCN)C(=O)O)cc1. The van der Waals surface area contributed by atoms with Crippen molar-refractivity contribution in [1.29, 1.82) is 0 Å². The average molecular weight is 274 g/mol. The Morgan fingerprint density at radius 3 is 2.65 bits per heavy atom. The minimum absolute atomic E-state index is 0.474. The minimum atomic E-state index is -0.907. The van der Waals surface area contributed by atoms with E-state index in [9.17, 15) is 4.79 Å². The molecular formula is C16H22N2O2. The van der Waals surface area contributed by atoms with Gasteiger partial charge in [-0.05, 0) is 43.0 Å². The first-order valence-corrected chi connectivity index (χ1v) is 6.89. The molecule has 1 unspecified atom stereocenters. The highest BCUT2D eigenvalue weighted by Crippen LogP contribution is 2.06. The fraction of sp³-hybridized carbons (Fsp3) is 0.375. The molecule has 1 aromatic carbocycles. The summed E-state index contributed by atoms with van der Waals surface area (Å²) in [6, 6.07) is 7.53. The van der Waals surface area contributed by atoms with E-state index in [0.29, 0.717) is 19.4 Å². The van der Waals surface area contributed by atoms with Crippen LogP contribution in [0.15, 0.2) is 35.3 Å². The monoisotopic (exact) mass is 274 g/mol. The average Bonchev–Trinajstić information content (AvgIpc) is 2.46. The van der Waals surface area contributed by atoms with Crippen LogP contribution in [0.25, 0.3) is 6.08 Å². The van der Waals surface area contributed by atoms with E-state index >= 15 is 0 Å². The van der Waals surface area contributed by atoms with Crippen LogP contribution in [0.2, 0.25) is 0 Å². The molecule has 108 valence electrons. The Kier molecular flexibility index (Phi) is 7.29. The molecule has 4 heteroatoms. The summed E-state index contributed by atoms with van der Waals surface area (Å²) in [6.07, 6.45) is 7.37. The van der Waals surface area contributed by atoms with E-state index in [1.165, 1.54) is 5.56 Å². The fourth-order valence-corrected chi connectivity index (χ4v) is 1.75. The Bertz CT molecular complexity index is 464. The van der Waals surface area contributed by atoms with E-state index in [0.717, 1.165) is 12.0 Å². The molecule has 0 aliphatic carbocycles. The van der Waals surface area contributed by atoms with Crippen molar-refractivity contribution in [1.82, 2.24) is 0 Å². The molecule has 4 nitrogen and oxygen atoms in total. The maximum atomic E-state index is 11.0. The van der Waals surface area contributed by atoms with Crippen LogP contribution in [0.5, 0.6) is 0 Å². The molecule has 1 atom stereocenters. The first kappa shape index (κ1) is 16.1. The van der Waals surface area contributed by atoms with Crippen LogP contribution in [0.1, 0.15) is 30.9 Å². The van der Waals surface area contributed by atoms with Crippen LogP contribution in [-0.2, 0) is 11.2 Å². The lowest BCUT2D eigenvalue weighted by Crippen LogP contribution is -2.19. The molecule has 0 aliphatic rings. The number of nitrogens with two attached hydrogens (primary N) is 1. The zero-order valence-electron chi connectivity index (χ0n) is 11.8. The molecule has 1 aromatic rings. The highest BCUT2D eigenvalue weighted by Gasteiger charge is 2.13. The second kappa shape index (κ2) is 9.04. The first-order chi connectivity index (χ1) is 9.67. The Hall–Kier alpha value is -1.94. The molecule has 1 rings (SSSR count). The van der Waals surface area contributed by atoms with Crippen LogP contribution in [0.3, 0.4) is 0 Å². The Morgan fingerprint density at radius 2 is 2.10 bits per heavy atom. The van der Waals surface area contributed by atoms with Crippen molar-refractivity contribution in [2.75, 3.05) is 6.54 Å². The Morgan fingerprint density at radius 1 is 1.40 bits per heavy atom. The van der Waals surface area contributed by atoms with Gasteiger partial charge in [-0.15, -0.1) is 0 Å².